The number of tetrazole rings is 1. The Morgan fingerprint density at radius 2 is 1.92 bits per heavy atom. The average molecular weight is 377 g/mol. The highest BCUT2D eigenvalue weighted by Gasteiger charge is 2.13. The maximum Gasteiger partial charge on any atom is 0.294 e. The number of carbonyl (C=O) groups is 1. The molecule has 0 aliphatic rings. The third-order valence-electron chi connectivity index (χ3n) is 3.25. The van der Waals surface area contributed by atoms with Gasteiger partial charge in [-0.05, 0) is 54.7 Å². The number of hydrogen-bond acceptors (Lipinski definition) is 6. The fourth-order valence-corrected chi connectivity index (χ4v) is 2.77. The summed E-state index contributed by atoms with van der Waals surface area (Å²) in [7, 11) is -4.37. The topological polar surface area (TPSA) is 130 Å². The van der Waals surface area contributed by atoms with Gasteiger partial charge in [-0.2, -0.15) is 13.6 Å². The van der Waals surface area contributed by atoms with Crippen molar-refractivity contribution in [2.45, 2.75) is 4.90 Å². The maximum absolute atomic E-state index is 12.2. The SMILES string of the molecule is O=C(Nc1ccc(-n2[nH]nnc2=S)cc1)c1cccc(S(=O)(=O)O)c1. The first kappa shape index (κ1) is 17.0. The number of benzene rings is 2. The van der Waals surface area contributed by atoms with Gasteiger partial charge in [-0.3, -0.25) is 9.35 Å². The van der Waals surface area contributed by atoms with Gasteiger partial charge < -0.3 is 5.32 Å². The van der Waals surface area contributed by atoms with Crippen LogP contribution >= 0.6 is 12.2 Å². The van der Waals surface area contributed by atoms with Crippen LogP contribution < -0.4 is 5.32 Å². The third-order valence-corrected chi connectivity index (χ3v) is 4.36. The molecule has 11 heteroatoms. The predicted octanol–water partition coefficient (Wildman–Crippen LogP) is 1.82. The molecule has 3 N–H and O–H groups in total. The number of nitrogens with zero attached hydrogens (tertiary/aromatic N) is 3. The fourth-order valence-electron chi connectivity index (χ4n) is 2.06. The van der Waals surface area contributed by atoms with Crippen molar-refractivity contribution in [3.63, 3.8) is 0 Å². The minimum Gasteiger partial charge on any atom is -0.322 e. The van der Waals surface area contributed by atoms with E-state index in [0.717, 1.165) is 6.07 Å². The van der Waals surface area contributed by atoms with E-state index in [0.29, 0.717) is 11.4 Å². The number of aromatic nitrogens is 4. The van der Waals surface area contributed by atoms with E-state index in [4.69, 9.17) is 16.8 Å². The van der Waals surface area contributed by atoms with Gasteiger partial charge in [0.25, 0.3) is 16.0 Å². The Hall–Kier alpha value is -2.89. The van der Waals surface area contributed by atoms with Gasteiger partial charge in [0.1, 0.15) is 0 Å². The van der Waals surface area contributed by atoms with Crippen LogP contribution in [0.2, 0.25) is 0 Å². The second kappa shape index (κ2) is 6.55. The first-order valence-corrected chi connectivity index (χ1v) is 8.69. The minimum absolute atomic E-state index is 0.0965. The number of H-pyrrole nitrogens is 1. The van der Waals surface area contributed by atoms with Crippen molar-refractivity contribution in [1.82, 2.24) is 20.2 Å². The van der Waals surface area contributed by atoms with Crippen LogP contribution in [0.1, 0.15) is 10.4 Å². The first-order chi connectivity index (χ1) is 11.8. The lowest BCUT2D eigenvalue weighted by atomic mass is 10.2. The molecule has 3 rings (SSSR count). The van der Waals surface area contributed by atoms with Gasteiger partial charge in [-0.1, -0.05) is 16.4 Å². The van der Waals surface area contributed by atoms with Crippen LogP contribution in [0.5, 0.6) is 0 Å². The number of amides is 1. The van der Waals surface area contributed by atoms with Crippen molar-refractivity contribution in [1.29, 1.82) is 0 Å². The molecule has 0 aliphatic heterocycles. The zero-order valence-corrected chi connectivity index (χ0v) is 14.1. The van der Waals surface area contributed by atoms with Crippen LogP contribution in [-0.4, -0.2) is 39.1 Å². The van der Waals surface area contributed by atoms with E-state index in [1.807, 2.05) is 0 Å². The molecular weight excluding hydrogens is 366 g/mol. The van der Waals surface area contributed by atoms with Crippen LogP contribution in [0.3, 0.4) is 0 Å². The van der Waals surface area contributed by atoms with Gasteiger partial charge >= 0.3 is 0 Å². The molecule has 3 aromatic rings. The number of hydrogen-bond donors (Lipinski definition) is 3. The van der Waals surface area contributed by atoms with Gasteiger partial charge in [-0.25, -0.2) is 4.68 Å². The number of aromatic amines is 1. The van der Waals surface area contributed by atoms with Gasteiger partial charge in [0.2, 0.25) is 4.77 Å². The Labute approximate surface area is 147 Å². The highest BCUT2D eigenvalue weighted by Crippen LogP contribution is 2.16. The Kier molecular flexibility index (Phi) is 4.44. The Bertz CT molecular complexity index is 1090. The summed E-state index contributed by atoms with van der Waals surface area (Å²) in [6, 6.07) is 11.8. The molecule has 0 saturated carbocycles. The van der Waals surface area contributed by atoms with Crippen molar-refractivity contribution in [3.8, 4) is 5.69 Å². The highest BCUT2D eigenvalue weighted by atomic mass is 32.2. The van der Waals surface area contributed by atoms with Crippen LogP contribution in [0.4, 0.5) is 5.69 Å². The number of nitrogens with one attached hydrogen (secondary N) is 2. The minimum atomic E-state index is -4.37. The number of rotatable bonds is 4. The van der Waals surface area contributed by atoms with E-state index >= 15 is 0 Å². The van der Waals surface area contributed by atoms with E-state index in [-0.39, 0.29) is 15.2 Å². The quantitative estimate of drug-likeness (QED) is 0.467. The average Bonchev–Trinajstić information content (AvgIpc) is 3.01. The van der Waals surface area contributed by atoms with Crippen molar-refractivity contribution < 1.29 is 17.8 Å². The van der Waals surface area contributed by atoms with Crippen LogP contribution in [0.25, 0.3) is 5.69 Å². The molecule has 0 atom stereocenters. The van der Waals surface area contributed by atoms with Crippen LogP contribution in [0, 0.1) is 4.77 Å². The number of anilines is 1. The summed E-state index contributed by atoms with van der Waals surface area (Å²) in [5.41, 5.74) is 1.27. The molecule has 25 heavy (non-hydrogen) atoms. The smallest absolute Gasteiger partial charge is 0.294 e. The Morgan fingerprint density at radius 3 is 2.52 bits per heavy atom. The van der Waals surface area contributed by atoms with Gasteiger partial charge in [0.05, 0.1) is 10.6 Å². The van der Waals surface area contributed by atoms with Crippen molar-refractivity contribution in [3.05, 3.63) is 58.9 Å². The lowest BCUT2D eigenvalue weighted by molar-refractivity contribution is 0.102. The molecule has 0 bridgehead atoms. The summed E-state index contributed by atoms with van der Waals surface area (Å²) in [5.74, 6) is -0.516. The molecule has 0 fully saturated rings. The van der Waals surface area contributed by atoms with Gasteiger partial charge in [0.15, 0.2) is 0 Å². The summed E-state index contributed by atoms with van der Waals surface area (Å²) in [6.07, 6.45) is 0. The predicted molar refractivity (Wildman–Crippen MR) is 90.8 cm³/mol. The van der Waals surface area contributed by atoms with Gasteiger partial charge in [0, 0.05) is 11.3 Å². The van der Waals surface area contributed by atoms with Crippen LogP contribution in [0.15, 0.2) is 53.4 Å². The zero-order valence-electron chi connectivity index (χ0n) is 12.4. The van der Waals surface area contributed by atoms with Crippen molar-refractivity contribution in [2.24, 2.45) is 0 Å². The molecular formula is C14H11N5O4S2. The molecule has 2 aromatic carbocycles. The summed E-state index contributed by atoms with van der Waals surface area (Å²) in [4.78, 5) is 11.9. The monoisotopic (exact) mass is 377 g/mol. The van der Waals surface area contributed by atoms with Crippen molar-refractivity contribution in [2.75, 3.05) is 5.32 Å². The molecule has 1 heterocycles. The fraction of sp³-hybridized carbons (Fsp3) is 0. The third kappa shape index (κ3) is 3.79. The summed E-state index contributed by atoms with van der Waals surface area (Å²) in [5, 5.41) is 12.5. The molecule has 0 aliphatic carbocycles. The summed E-state index contributed by atoms with van der Waals surface area (Å²) in [6.45, 7) is 0. The Morgan fingerprint density at radius 1 is 1.20 bits per heavy atom. The van der Waals surface area contributed by atoms with Gasteiger partial charge in [-0.15, -0.1) is 0 Å². The lowest BCUT2D eigenvalue weighted by Gasteiger charge is -2.07. The normalized spacial score (nSPS) is 11.2. The Balaban J connectivity index is 1.80. The second-order valence-corrected chi connectivity index (χ2v) is 6.71. The molecule has 0 radical (unpaired) electrons. The lowest BCUT2D eigenvalue weighted by Crippen LogP contribution is -2.12. The van der Waals surface area contributed by atoms with E-state index in [2.05, 4.69) is 20.8 Å². The molecule has 0 spiro atoms. The molecule has 9 nitrogen and oxygen atoms in total. The van der Waals surface area contributed by atoms with E-state index in [1.165, 1.54) is 22.9 Å². The maximum atomic E-state index is 12.2. The second-order valence-electron chi connectivity index (χ2n) is 4.92. The van der Waals surface area contributed by atoms with E-state index in [1.54, 1.807) is 24.3 Å². The first-order valence-electron chi connectivity index (χ1n) is 6.84. The molecule has 1 aromatic heterocycles. The molecule has 128 valence electrons. The molecule has 0 saturated heterocycles. The standard InChI is InChI=1S/C14H11N5O4S2/c20-13(9-2-1-3-12(8-9)25(21,22)23)15-10-4-6-11(7-5-10)19-14(24)16-17-18-19/h1-8H,(H,15,20)(H,16,18,24)(H,21,22,23). The van der Waals surface area contributed by atoms with Crippen LogP contribution in [-0.2, 0) is 10.1 Å². The molecule has 0 unspecified atom stereocenters. The molecule has 1 amide bonds. The summed E-state index contributed by atoms with van der Waals surface area (Å²) < 4.78 is 33.1. The van der Waals surface area contributed by atoms with E-state index in [9.17, 15) is 13.2 Å². The number of carbonyl (C=O) groups excluding carboxylic acids is 1. The zero-order chi connectivity index (χ0) is 18.0. The highest BCUT2D eigenvalue weighted by molar-refractivity contribution is 7.85. The summed E-state index contributed by atoms with van der Waals surface area (Å²) >= 11 is 5.00. The largest absolute Gasteiger partial charge is 0.322 e. The van der Waals surface area contributed by atoms with Crippen molar-refractivity contribution >= 4 is 33.9 Å². The van der Waals surface area contributed by atoms with E-state index < -0.39 is 16.0 Å².